The van der Waals surface area contributed by atoms with Gasteiger partial charge in [-0.15, -0.1) is 0 Å². The van der Waals surface area contributed by atoms with Crippen molar-refractivity contribution in [3.05, 3.63) is 15.9 Å². The van der Waals surface area contributed by atoms with Crippen LogP contribution in [0.3, 0.4) is 0 Å². The van der Waals surface area contributed by atoms with Crippen LogP contribution < -0.4 is 5.32 Å². The molecule has 1 aromatic rings. The Hall–Kier alpha value is -0.350. The number of rotatable bonds is 5. The van der Waals surface area contributed by atoms with Crippen molar-refractivity contribution in [1.82, 2.24) is 15.1 Å². The number of aromatic nitrogens is 2. The van der Waals surface area contributed by atoms with Gasteiger partial charge in [-0.3, -0.25) is 4.68 Å². The molecule has 1 heterocycles. The van der Waals surface area contributed by atoms with Crippen molar-refractivity contribution >= 4 is 15.9 Å². The number of hydrogen-bond donors (Lipinski definition) is 1. The van der Waals surface area contributed by atoms with Crippen LogP contribution in [0.2, 0.25) is 0 Å². The van der Waals surface area contributed by atoms with E-state index >= 15 is 0 Å². The quantitative estimate of drug-likeness (QED) is 0.893. The molecule has 86 valence electrons. The maximum absolute atomic E-state index is 4.39. The van der Waals surface area contributed by atoms with Crippen LogP contribution in [0.5, 0.6) is 0 Å². The minimum atomic E-state index is 0.604. The molecule has 0 amide bonds. The molecular formula is C11H20BrN3. The lowest BCUT2D eigenvalue weighted by atomic mass is 10.1. The molecule has 0 saturated carbocycles. The van der Waals surface area contributed by atoms with Crippen LogP contribution in [0.4, 0.5) is 0 Å². The Morgan fingerprint density at radius 3 is 2.60 bits per heavy atom. The summed E-state index contributed by atoms with van der Waals surface area (Å²) in [6, 6.07) is 0.604. The normalized spacial score (nSPS) is 13.1. The van der Waals surface area contributed by atoms with Gasteiger partial charge in [0, 0.05) is 13.1 Å². The average Bonchev–Trinajstić information content (AvgIpc) is 2.45. The average molecular weight is 274 g/mol. The lowest BCUT2D eigenvalue weighted by Gasteiger charge is -2.13. The molecule has 1 rings (SSSR count). The van der Waals surface area contributed by atoms with Crippen molar-refractivity contribution in [1.29, 1.82) is 0 Å². The summed E-state index contributed by atoms with van der Waals surface area (Å²) in [5.41, 5.74) is 2.37. The molecule has 0 spiro atoms. The zero-order valence-corrected chi connectivity index (χ0v) is 11.6. The summed E-state index contributed by atoms with van der Waals surface area (Å²) < 4.78 is 3.14. The van der Waals surface area contributed by atoms with Crippen LogP contribution >= 0.6 is 15.9 Å². The highest BCUT2D eigenvalue weighted by Crippen LogP contribution is 2.22. The van der Waals surface area contributed by atoms with Crippen molar-refractivity contribution in [2.45, 2.75) is 39.2 Å². The van der Waals surface area contributed by atoms with Gasteiger partial charge in [0.15, 0.2) is 0 Å². The molecule has 0 aliphatic carbocycles. The SMILES string of the molecule is CCC(CCc1c(Br)c(C)nn1C)NC. The van der Waals surface area contributed by atoms with E-state index in [1.54, 1.807) is 0 Å². The number of nitrogens with one attached hydrogen (secondary N) is 1. The maximum Gasteiger partial charge on any atom is 0.0738 e. The molecule has 0 saturated heterocycles. The molecule has 3 nitrogen and oxygen atoms in total. The lowest BCUT2D eigenvalue weighted by molar-refractivity contribution is 0.499. The Labute approximate surface area is 100 Å². The third-order valence-electron chi connectivity index (χ3n) is 2.89. The van der Waals surface area contributed by atoms with Crippen molar-refractivity contribution in [3.63, 3.8) is 0 Å². The number of halogens is 1. The molecule has 0 aliphatic heterocycles. The fourth-order valence-electron chi connectivity index (χ4n) is 1.82. The standard InChI is InChI=1S/C11H20BrN3/c1-5-9(13-3)6-7-10-11(12)8(2)14-15(10)4/h9,13H,5-7H2,1-4H3. The first-order valence-corrected chi connectivity index (χ1v) is 6.24. The molecule has 0 aliphatic rings. The molecular weight excluding hydrogens is 254 g/mol. The van der Waals surface area contributed by atoms with Crippen molar-refractivity contribution in [2.24, 2.45) is 7.05 Å². The molecule has 0 fully saturated rings. The molecule has 4 heteroatoms. The first kappa shape index (κ1) is 12.7. The minimum absolute atomic E-state index is 0.604. The second kappa shape index (κ2) is 5.66. The molecule has 0 radical (unpaired) electrons. The van der Waals surface area contributed by atoms with E-state index in [2.05, 4.69) is 33.3 Å². The van der Waals surface area contributed by atoms with E-state index in [1.807, 2.05) is 25.7 Å². The highest BCUT2D eigenvalue weighted by atomic mass is 79.9. The summed E-state index contributed by atoms with van der Waals surface area (Å²) in [5.74, 6) is 0. The van der Waals surface area contributed by atoms with E-state index in [-0.39, 0.29) is 0 Å². The number of aryl methyl sites for hydroxylation is 2. The monoisotopic (exact) mass is 273 g/mol. The molecule has 1 unspecified atom stereocenters. The second-order valence-corrected chi connectivity index (χ2v) is 4.70. The molecule has 1 aromatic heterocycles. The van der Waals surface area contributed by atoms with Gasteiger partial charge in [0.25, 0.3) is 0 Å². The Morgan fingerprint density at radius 2 is 2.20 bits per heavy atom. The van der Waals surface area contributed by atoms with E-state index in [9.17, 15) is 0 Å². The summed E-state index contributed by atoms with van der Waals surface area (Å²) in [6.07, 6.45) is 3.40. The fraction of sp³-hybridized carbons (Fsp3) is 0.727. The first-order chi connectivity index (χ1) is 7.10. The van der Waals surface area contributed by atoms with Gasteiger partial charge in [-0.05, 0) is 49.2 Å². The van der Waals surface area contributed by atoms with Crippen LogP contribution in [-0.2, 0) is 13.5 Å². The van der Waals surface area contributed by atoms with Gasteiger partial charge in [-0.25, -0.2) is 0 Å². The van der Waals surface area contributed by atoms with Gasteiger partial charge in [0.05, 0.1) is 15.9 Å². The van der Waals surface area contributed by atoms with Crippen LogP contribution in [0, 0.1) is 6.92 Å². The van der Waals surface area contributed by atoms with Gasteiger partial charge in [-0.1, -0.05) is 6.92 Å². The second-order valence-electron chi connectivity index (χ2n) is 3.90. The molecule has 0 bridgehead atoms. The van der Waals surface area contributed by atoms with Crippen LogP contribution in [0.25, 0.3) is 0 Å². The van der Waals surface area contributed by atoms with Crippen molar-refractivity contribution in [3.8, 4) is 0 Å². The summed E-state index contributed by atoms with van der Waals surface area (Å²) in [7, 11) is 4.03. The van der Waals surface area contributed by atoms with Crippen molar-refractivity contribution < 1.29 is 0 Å². The third-order valence-corrected chi connectivity index (χ3v) is 3.92. The number of nitrogens with zero attached hydrogens (tertiary/aromatic N) is 2. The molecule has 15 heavy (non-hydrogen) atoms. The van der Waals surface area contributed by atoms with Crippen molar-refractivity contribution in [2.75, 3.05) is 7.05 Å². The Morgan fingerprint density at radius 1 is 1.53 bits per heavy atom. The van der Waals surface area contributed by atoms with Gasteiger partial charge >= 0.3 is 0 Å². The number of hydrogen-bond acceptors (Lipinski definition) is 2. The zero-order chi connectivity index (χ0) is 11.4. The fourth-order valence-corrected chi connectivity index (χ4v) is 2.35. The van der Waals surface area contributed by atoms with E-state index in [0.29, 0.717) is 6.04 Å². The van der Waals surface area contributed by atoms with Gasteiger partial charge < -0.3 is 5.32 Å². The highest BCUT2D eigenvalue weighted by Gasteiger charge is 2.12. The summed E-state index contributed by atoms with van der Waals surface area (Å²) >= 11 is 3.59. The first-order valence-electron chi connectivity index (χ1n) is 5.45. The molecule has 1 atom stereocenters. The Balaban J connectivity index is 2.64. The van der Waals surface area contributed by atoms with Crippen LogP contribution in [-0.4, -0.2) is 22.9 Å². The smallest absolute Gasteiger partial charge is 0.0738 e. The zero-order valence-electron chi connectivity index (χ0n) is 9.97. The minimum Gasteiger partial charge on any atom is -0.317 e. The topological polar surface area (TPSA) is 29.9 Å². The Kier molecular flexibility index (Phi) is 4.80. The maximum atomic E-state index is 4.39. The lowest BCUT2D eigenvalue weighted by Crippen LogP contribution is -2.25. The van der Waals surface area contributed by atoms with Gasteiger partial charge in [0.2, 0.25) is 0 Å². The third kappa shape index (κ3) is 3.05. The van der Waals surface area contributed by atoms with E-state index in [0.717, 1.165) is 23.0 Å². The predicted molar refractivity (Wildman–Crippen MR) is 67.1 cm³/mol. The van der Waals surface area contributed by atoms with E-state index in [4.69, 9.17) is 0 Å². The predicted octanol–water partition coefficient (Wildman–Crippen LogP) is 2.42. The summed E-state index contributed by atoms with van der Waals surface area (Å²) in [5, 5.41) is 7.71. The highest BCUT2D eigenvalue weighted by molar-refractivity contribution is 9.10. The van der Waals surface area contributed by atoms with Crippen LogP contribution in [0.15, 0.2) is 4.47 Å². The Bertz CT molecular complexity index is 316. The summed E-state index contributed by atoms with van der Waals surface area (Å²) in [6.45, 7) is 4.24. The molecule has 1 N–H and O–H groups in total. The van der Waals surface area contributed by atoms with Crippen LogP contribution in [0.1, 0.15) is 31.2 Å². The van der Waals surface area contributed by atoms with Gasteiger partial charge in [-0.2, -0.15) is 5.10 Å². The van der Waals surface area contributed by atoms with E-state index in [1.165, 1.54) is 12.1 Å². The largest absolute Gasteiger partial charge is 0.317 e. The summed E-state index contributed by atoms with van der Waals surface area (Å²) in [4.78, 5) is 0. The van der Waals surface area contributed by atoms with Gasteiger partial charge in [0.1, 0.15) is 0 Å². The molecule has 0 aromatic carbocycles. The van der Waals surface area contributed by atoms with E-state index < -0.39 is 0 Å².